The van der Waals surface area contributed by atoms with Gasteiger partial charge in [-0.3, -0.25) is 0 Å². The Morgan fingerprint density at radius 1 is 1.28 bits per heavy atom. The maximum absolute atomic E-state index is 11.2. The van der Waals surface area contributed by atoms with E-state index in [1.54, 1.807) is 12.1 Å². The van der Waals surface area contributed by atoms with E-state index in [2.05, 4.69) is 16.3 Å². The third-order valence-corrected chi connectivity index (χ3v) is 3.35. The first-order valence-corrected chi connectivity index (χ1v) is 7.54. The molecule has 0 saturated carbocycles. The molecule has 18 heavy (non-hydrogen) atoms. The van der Waals surface area contributed by atoms with Gasteiger partial charge in [0, 0.05) is 6.54 Å². The zero-order valence-corrected chi connectivity index (χ0v) is 11.9. The summed E-state index contributed by atoms with van der Waals surface area (Å²) in [5, 5.41) is 3.40. The van der Waals surface area contributed by atoms with E-state index in [1.165, 1.54) is 31.3 Å². The van der Waals surface area contributed by atoms with E-state index in [0.29, 0.717) is 5.56 Å². The number of carbonyl (C=O) groups excluding carboxylic acids is 1. The number of esters is 1. The van der Waals surface area contributed by atoms with Gasteiger partial charge in [-0.15, -0.1) is 0 Å². The molecule has 0 unspecified atom stereocenters. The Morgan fingerprint density at radius 2 is 2.00 bits per heavy atom. The summed E-state index contributed by atoms with van der Waals surface area (Å²) in [5.41, 5.74) is 1.79. The van der Waals surface area contributed by atoms with Gasteiger partial charge in [-0.25, -0.2) is 4.79 Å². The number of hydrogen-bond donors (Lipinski definition) is 1. The number of benzene rings is 1. The number of rotatable bonds is 8. The third kappa shape index (κ3) is 5.56. The summed E-state index contributed by atoms with van der Waals surface area (Å²) in [5.74, 6) is 0.946. The van der Waals surface area contributed by atoms with Gasteiger partial charge in [0.2, 0.25) is 0 Å². The number of nitrogens with one attached hydrogen (secondary N) is 1. The molecule has 0 spiro atoms. The molecule has 0 bridgehead atoms. The van der Waals surface area contributed by atoms with Crippen LogP contribution in [0.15, 0.2) is 24.3 Å². The molecule has 0 aliphatic heterocycles. The smallest absolute Gasteiger partial charge is 0.337 e. The minimum absolute atomic E-state index is 0.286. The highest BCUT2D eigenvalue weighted by atomic mass is 32.2. The normalized spacial score (nSPS) is 10.3. The number of carbonyl (C=O) groups is 1. The second-order valence-electron chi connectivity index (χ2n) is 4.07. The van der Waals surface area contributed by atoms with Crippen LogP contribution in [-0.2, 0) is 11.3 Å². The highest BCUT2D eigenvalue weighted by Gasteiger charge is 2.03. The molecule has 0 aromatic heterocycles. The van der Waals surface area contributed by atoms with Gasteiger partial charge in [-0.1, -0.05) is 12.1 Å². The fraction of sp³-hybridized carbons (Fsp3) is 0.500. The Balaban J connectivity index is 2.25. The zero-order chi connectivity index (χ0) is 13.2. The average Bonchev–Trinajstić information content (AvgIpc) is 2.42. The van der Waals surface area contributed by atoms with Crippen LogP contribution in [0.1, 0.15) is 28.8 Å². The second kappa shape index (κ2) is 9.00. The average molecular weight is 267 g/mol. The van der Waals surface area contributed by atoms with Crippen LogP contribution in [0.25, 0.3) is 0 Å². The van der Waals surface area contributed by atoms with Gasteiger partial charge in [-0.2, -0.15) is 11.8 Å². The highest BCUT2D eigenvalue weighted by molar-refractivity contribution is 7.98. The quantitative estimate of drug-likeness (QED) is 0.580. The van der Waals surface area contributed by atoms with Crippen molar-refractivity contribution in [1.82, 2.24) is 5.32 Å². The minimum atomic E-state index is -0.286. The molecule has 3 nitrogen and oxygen atoms in total. The SMILES string of the molecule is COC(=O)c1ccc(CNCCCCSC)cc1. The van der Waals surface area contributed by atoms with Crippen LogP contribution in [0.3, 0.4) is 0 Å². The van der Waals surface area contributed by atoms with Crippen molar-refractivity contribution in [2.24, 2.45) is 0 Å². The van der Waals surface area contributed by atoms with E-state index in [-0.39, 0.29) is 5.97 Å². The molecule has 100 valence electrons. The summed E-state index contributed by atoms with van der Waals surface area (Å²) in [4.78, 5) is 11.2. The second-order valence-corrected chi connectivity index (χ2v) is 5.05. The minimum Gasteiger partial charge on any atom is -0.465 e. The van der Waals surface area contributed by atoms with E-state index in [9.17, 15) is 4.79 Å². The van der Waals surface area contributed by atoms with Crippen LogP contribution in [0.5, 0.6) is 0 Å². The number of unbranched alkanes of at least 4 members (excludes halogenated alkanes) is 1. The van der Waals surface area contributed by atoms with Crippen molar-refractivity contribution in [3.05, 3.63) is 35.4 Å². The lowest BCUT2D eigenvalue weighted by atomic mass is 10.1. The predicted molar refractivity (Wildman–Crippen MR) is 77.1 cm³/mol. The lowest BCUT2D eigenvalue weighted by molar-refractivity contribution is 0.0600. The van der Waals surface area contributed by atoms with E-state index >= 15 is 0 Å². The molecule has 0 heterocycles. The van der Waals surface area contributed by atoms with Crippen molar-refractivity contribution in [1.29, 1.82) is 0 Å². The molecule has 0 aliphatic rings. The lowest BCUT2D eigenvalue weighted by Crippen LogP contribution is -2.15. The molecule has 0 saturated heterocycles. The van der Waals surface area contributed by atoms with Crippen LogP contribution in [0.4, 0.5) is 0 Å². The third-order valence-electron chi connectivity index (χ3n) is 2.66. The molecule has 1 aromatic carbocycles. The zero-order valence-electron chi connectivity index (χ0n) is 11.1. The molecule has 0 amide bonds. The van der Waals surface area contributed by atoms with Crippen LogP contribution in [0.2, 0.25) is 0 Å². The van der Waals surface area contributed by atoms with Crippen LogP contribution in [0, 0.1) is 0 Å². The van der Waals surface area contributed by atoms with Gasteiger partial charge >= 0.3 is 5.97 Å². The molecule has 0 atom stereocenters. The molecule has 0 aliphatic carbocycles. The van der Waals surface area contributed by atoms with E-state index in [0.717, 1.165) is 13.1 Å². The number of ether oxygens (including phenoxy) is 1. The highest BCUT2D eigenvalue weighted by Crippen LogP contribution is 2.05. The Kier molecular flexibility index (Phi) is 7.53. The molecule has 1 N–H and O–H groups in total. The van der Waals surface area contributed by atoms with E-state index < -0.39 is 0 Å². The lowest BCUT2D eigenvalue weighted by Gasteiger charge is -2.05. The number of hydrogen-bond acceptors (Lipinski definition) is 4. The van der Waals surface area contributed by atoms with Gasteiger partial charge in [0.25, 0.3) is 0 Å². The first kappa shape index (κ1) is 15.1. The van der Waals surface area contributed by atoms with Crippen molar-refractivity contribution in [2.75, 3.05) is 25.7 Å². The van der Waals surface area contributed by atoms with Crippen molar-refractivity contribution in [2.45, 2.75) is 19.4 Å². The summed E-state index contributed by atoms with van der Waals surface area (Å²) >= 11 is 1.89. The molecular formula is C14H21NO2S. The molecule has 1 aromatic rings. The summed E-state index contributed by atoms with van der Waals surface area (Å²) < 4.78 is 4.66. The summed E-state index contributed by atoms with van der Waals surface area (Å²) in [6.45, 7) is 1.89. The molecule has 4 heteroatoms. The maximum atomic E-state index is 11.2. The maximum Gasteiger partial charge on any atom is 0.337 e. The van der Waals surface area contributed by atoms with Crippen molar-refractivity contribution < 1.29 is 9.53 Å². The van der Waals surface area contributed by atoms with E-state index in [1.807, 2.05) is 23.9 Å². The first-order chi connectivity index (χ1) is 8.77. The van der Waals surface area contributed by atoms with Crippen LogP contribution in [-0.4, -0.2) is 31.6 Å². The molecule has 1 rings (SSSR count). The van der Waals surface area contributed by atoms with Crippen molar-refractivity contribution in [3.8, 4) is 0 Å². The van der Waals surface area contributed by atoms with E-state index in [4.69, 9.17) is 0 Å². The Morgan fingerprint density at radius 3 is 2.61 bits per heavy atom. The number of thioether (sulfide) groups is 1. The fourth-order valence-electron chi connectivity index (χ4n) is 1.61. The fourth-order valence-corrected chi connectivity index (χ4v) is 2.10. The predicted octanol–water partition coefficient (Wildman–Crippen LogP) is 2.71. The Labute approximate surface area is 113 Å². The van der Waals surface area contributed by atoms with Crippen molar-refractivity contribution in [3.63, 3.8) is 0 Å². The van der Waals surface area contributed by atoms with Gasteiger partial charge in [0.15, 0.2) is 0 Å². The van der Waals surface area contributed by atoms with Crippen LogP contribution < -0.4 is 5.32 Å². The van der Waals surface area contributed by atoms with Gasteiger partial charge in [-0.05, 0) is 49.1 Å². The number of methoxy groups -OCH3 is 1. The standard InChI is InChI=1S/C14H21NO2S/c1-17-14(16)13-7-5-12(6-8-13)11-15-9-3-4-10-18-2/h5-8,15H,3-4,9-11H2,1-2H3. The molecule has 0 radical (unpaired) electrons. The topological polar surface area (TPSA) is 38.3 Å². The Bertz CT molecular complexity index is 351. The van der Waals surface area contributed by atoms with Gasteiger partial charge < -0.3 is 10.1 Å². The largest absolute Gasteiger partial charge is 0.465 e. The first-order valence-electron chi connectivity index (χ1n) is 6.15. The van der Waals surface area contributed by atoms with Crippen LogP contribution >= 0.6 is 11.8 Å². The monoisotopic (exact) mass is 267 g/mol. The molecule has 0 fully saturated rings. The summed E-state index contributed by atoms with van der Waals surface area (Å²) in [7, 11) is 1.40. The van der Waals surface area contributed by atoms with Crippen molar-refractivity contribution >= 4 is 17.7 Å². The van der Waals surface area contributed by atoms with Gasteiger partial charge in [0.05, 0.1) is 12.7 Å². The summed E-state index contributed by atoms with van der Waals surface area (Å²) in [6, 6.07) is 7.52. The molecular weight excluding hydrogens is 246 g/mol. The van der Waals surface area contributed by atoms with Gasteiger partial charge in [0.1, 0.15) is 0 Å². The Hall–Kier alpha value is -1.00. The summed E-state index contributed by atoms with van der Waals surface area (Å²) in [6.07, 6.45) is 4.60.